The Balaban J connectivity index is 1.55. The monoisotopic (exact) mass is 420 g/mol. The fraction of sp³-hybridized carbons (Fsp3) is 0.208. The molecular weight excluding hydrogens is 396 g/mol. The molecule has 3 aromatic carbocycles. The first-order valence-corrected chi connectivity index (χ1v) is 9.76. The van der Waals surface area contributed by atoms with Crippen LogP contribution in [0.15, 0.2) is 54.6 Å². The molecule has 0 heterocycles. The number of carbonyl (C=O) groups excluding carboxylic acids is 3. The van der Waals surface area contributed by atoms with E-state index >= 15 is 0 Å². The number of anilines is 1. The topological polar surface area (TPSA) is 93.7 Å². The Bertz CT molecular complexity index is 1120. The number of hydrogen-bond donors (Lipinski definition) is 2. The molecule has 3 aromatic rings. The first-order chi connectivity index (χ1) is 14.9. The molecule has 0 aliphatic heterocycles. The summed E-state index contributed by atoms with van der Waals surface area (Å²) in [5.41, 5.74) is 2.91. The summed E-state index contributed by atoms with van der Waals surface area (Å²) in [6.45, 7) is 3.07. The number of amides is 2. The number of rotatable bonds is 7. The SMILES string of the molecule is COc1ccc(C(=O)OCC(=O)NCC(=O)Nc2c(C)cccc2C)c2ccccc12. The highest BCUT2D eigenvalue weighted by molar-refractivity contribution is 6.06. The van der Waals surface area contributed by atoms with Gasteiger partial charge in [-0.05, 0) is 42.5 Å². The molecule has 3 rings (SSSR count). The Morgan fingerprint density at radius 1 is 0.839 bits per heavy atom. The molecule has 2 N–H and O–H groups in total. The third kappa shape index (κ3) is 5.19. The van der Waals surface area contributed by atoms with Crippen LogP contribution in [0.4, 0.5) is 5.69 Å². The van der Waals surface area contributed by atoms with Crippen LogP contribution < -0.4 is 15.4 Å². The standard InChI is InChI=1S/C24H24N2O5/c1-15-7-6-8-16(2)23(15)26-21(27)13-25-22(28)14-31-24(29)19-11-12-20(30-3)18-10-5-4-9-17(18)19/h4-12H,13-14H2,1-3H3,(H,25,28)(H,26,27). The summed E-state index contributed by atoms with van der Waals surface area (Å²) >= 11 is 0. The van der Waals surface area contributed by atoms with Crippen molar-refractivity contribution in [1.82, 2.24) is 5.32 Å². The van der Waals surface area contributed by atoms with Crippen LogP contribution in [0.3, 0.4) is 0 Å². The van der Waals surface area contributed by atoms with Crippen molar-refractivity contribution in [2.24, 2.45) is 0 Å². The minimum Gasteiger partial charge on any atom is -0.496 e. The van der Waals surface area contributed by atoms with E-state index in [9.17, 15) is 14.4 Å². The van der Waals surface area contributed by atoms with E-state index in [0.717, 1.165) is 22.2 Å². The highest BCUT2D eigenvalue weighted by Crippen LogP contribution is 2.28. The van der Waals surface area contributed by atoms with Gasteiger partial charge in [0.15, 0.2) is 6.61 Å². The number of methoxy groups -OCH3 is 1. The van der Waals surface area contributed by atoms with Gasteiger partial charge in [0.05, 0.1) is 19.2 Å². The van der Waals surface area contributed by atoms with Gasteiger partial charge in [-0.1, -0.05) is 42.5 Å². The van der Waals surface area contributed by atoms with Crippen molar-refractivity contribution in [2.45, 2.75) is 13.8 Å². The first-order valence-electron chi connectivity index (χ1n) is 9.76. The van der Waals surface area contributed by atoms with E-state index in [4.69, 9.17) is 9.47 Å². The fourth-order valence-corrected chi connectivity index (χ4v) is 3.26. The van der Waals surface area contributed by atoms with E-state index in [2.05, 4.69) is 10.6 Å². The highest BCUT2D eigenvalue weighted by Gasteiger charge is 2.16. The maximum Gasteiger partial charge on any atom is 0.339 e. The van der Waals surface area contributed by atoms with Crippen molar-refractivity contribution in [3.63, 3.8) is 0 Å². The molecule has 0 radical (unpaired) electrons. The lowest BCUT2D eigenvalue weighted by atomic mass is 10.0. The summed E-state index contributed by atoms with van der Waals surface area (Å²) in [7, 11) is 1.56. The van der Waals surface area contributed by atoms with E-state index in [1.54, 1.807) is 31.4 Å². The van der Waals surface area contributed by atoms with Gasteiger partial charge in [-0.3, -0.25) is 9.59 Å². The summed E-state index contributed by atoms with van der Waals surface area (Å²) < 4.78 is 10.5. The highest BCUT2D eigenvalue weighted by atomic mass is 16.5. The molecule has 2 amide bonds. The van der Waals surface area contributed by atoms with E-state index in [-0.39, 0.29) is 12.5 Å². The van der Waals surface area contributed by atoms with Crippen LogP contribution in [0.25, 0.3) is 10.8 Å². The van der Waals surface area contributed by atoms with E-state index in [1.807, 2.05) is 44.2 Å². The van der Waals surface area contributed by atoms with Crippen LogP contribution in [0.2, 0.25) is 0 Å². The van der Waals surface area contributed by atoms with Crippen LogP contribution in [0, 0.1) is 13.8 Å². The molecule has 0 atom stereocenters. The number of carbonyl (C=O) groups is 3. The Kier molecular flexibility index (Phi) is 6.87. The Labute approximate surface area is 180 Å². The Morgan fingerprint density at radius 2 is 1.52 bits per heavy atom. The third-order valence-corrected chi connectivity index (χ3v) is 4.85. The smallest absolute Gasteiger partial charge is 0.339 e. The normalized spacial score (nSPS) is 10.4. The van der Waals surface area contributed by atoms with Gasteiger partial charge in [-0.15, -0.1) is 0 Å². The van der Waals surface area contributed by atoms with Crippen LogP contribution in [-0.2, 0) is 14.3 Å². The molecule has 0 aliphatic carbocycles. The molecule has 0 bridgehead atoms. The van der Waals surface area contributed by atoms with Gasteiger partial charge in [-0.2, -0.15) is 0 Å². The maximum absolute atomic E-state index is 12.5. The summed E-state index contributed by atoms with van der Waals surface area (Å²) in [6.07, 6.45) is 0. The maximum atomic E-state index is 12.5. The number of aryl methyl sites for hydroxylation is 2. The summed E-state index contributed by atoms with van der Waals surface area (Å²) in [6, 6.07) is 16.2. The van der Waals surface area contributed by atoms with Gasteiger partial charge in [0, 0.05) is 11.1 Å². The molecule has 0 unspecified atom stereocenters. The number of nitrogens with one attached hydrogen (secondary N) is 2. The first kappa shape index (κ1) is 21.8. The molecular formula is C24H24N2O5. The lowest BCUT2D eigenvalue weighted by Crippen LogP contribution is -2.35. The van der Waals surface area contributed by atoms with Gasteiger partial charge in [0.25, 0.3) is 5.91 Å². The van der Waals surface area contributed by atoms with Gasteiger partial charge >= 0.3 is 5.97 Å². The van der Waals surface area contributed by atoms with Crippen molar-refractivity contribution < 1.29 is 23.9 Å². The van der Waals surface area contributed by atoms with Gasteiger partial charge in [-0.25, -0.2) is 4.79 Å². The van der Waals surface area contributed by atoms with Crippen LogP contribution in [0.1, 0.15) is 21.5 Å². The quantitative estimate of drug-likeness (QED) is 0.572. The molecule has 0 saturated heterocycles. The summed E-state index contributed by atoms with van der Waals surface area (Å²) in [4.78, 5) is 36.7. The molecule has 0 spiro atoms. The largest absolute Gasteiger partial charge is 0.496 e. The molecule has 0 saturated carbocycles. The van der Waals surface area contributed by atoms with Crippen LogP contribution in [0.5, 0.6) is 5.75 Å². The van der Waals surface area contributed by atoms with Crippen molar-refractivity contribution in [1.29, 1.82) is 0 Å². The number of fused-ring (bicyclic) bond motifs is 1. The second-order valence-corrected chi connectivity index (χ2v) is 7.03. The van der Waals surface area contributed by atoms with Crippen molar-refractivity contribution in [3.8, 4) is 5.75 Å². The van der Waals surface area contributed by atoms with E-state index in [1.165, 1.54) is 0 Å². The number of esters is 1. The molecule has 0 aliphatic rings. The lowest BCUT2D eigenvalue weighted by molar-refractivity contribution is -0.126. The lowest BCUT2D eigenvalue weighted by Gasteiger charge is -2.12. The Morgan fingerprint density at radius 3 is 2.19 bits per heavy atom. The van der Waals surface area contributed by atoms with Gasteiger partial charge in [0.2, 0.25) is 5.91 Å². The summed E-state index contributed by atoms with van der Waals surface area (Å²) in [5, 5.41) is 6.68. The number of ether oxygens (including phenoxy) is 2. The average Bonchev–Trinajstić information content (AvgIpc) is 2.77. The van der Waals surface area contributed by atoms with Crippen molar-refractivity contribution >= 4 is 34.2 Å². The average molecular weight is 420 g/mol. The fourth-order valence-electron chi connectivity index (χ4n) is 3.26. The van der Waals surface area contributed by atoms with E-state index in [0.29, 0.717) is 16.7 Å². The molecule has 31 heavy (non-hydrogen) atoms. The zero-order valence-electron chi connectivity index (χ0n) is 17.7. The number of para-hydroxylation sites is 1. The number of benzene rings is 3. The predicted octanol–water partition coefficient (Wildman–Crippen LogP) is 3.38. The van der Waals surface area contributed by atoms with Crippen LogP contribution in [-0.4, -0.2) is 38.0 Å². The zero-order chi connectivity index (χ0) is 22.4. The molecule has 0 fully saturated rings. The Hall–Kier alpha value is -3.87. The minimum absolute atomic E-state index is 0.227. The molecule has 7 heteroatoms. The second-order valence-electron chi connectivity index (χ2n) is 7.03. The number of hydrogen-bond acceptors (Lipinski definition) is 5. The molecule has 160 valence electrons. The molecule has 0 aromatic heterocycles. The predicted molar refractivity (Wildman–Crippen MR) is 118 cm³/mol. The second kappa shape index (κ2) is 9.75. The van der Waals surface area contributed by atoms with Crippen molar-refractivity contribution in [3.05, 3.63) is 71.3 Å². The molecule has 7 nitrogen and oxygen atoms in total. The third-order valence-electron chi connectivity index (χ3n) is 4.85. The van der Waals surface area contributed by atoms with Gasteiger partial charge in [0.1, 0.15) is 5.75 Å². The van der Waals surface area contributed by atoms with Crippen molar-refractivity contribution in [2.75, 3.05) is 25.6 Å². The zero-order valence-corrected chi connectivity index (χ0v) is 17.7. The summed E-state index contributed by atoms with van der Waals surface area (Å²) in [5.74, 6) is -0.921. The van der Waals surface area contributed by atoms with Crippen LogP contribution >= 0.6 is 0 Å². The van der Waals surface area contributed by atoms with Gasteiger partial charge < -0.3 is 20.1 Å². The van der Waals surface area contributed by atoms with E-state index < -0.39 is 18.5 Å². The minimum atomic E-state index is -0.631.